The lowest BCUT2D eigenvalue weighted by Crippen LogP contribution is -2.43. The minimum Gasteiger partial charge on any atom is -0.208 e. The van der Waals surface area contributed by atoms with Gasteiger partial charge in [-0.05, 0) is 61.7 Å². The molecule has 0 saturated heterocycles. The van der Waals surface area contributed by atoms with Crippen LogP contribution in [-0.4, -0.2) is 15.0 Å². The lowest BCUT2D eigenvalue weighted by atomic mass is 9.55. The van der Waals surface area contributed by atoms with Gasteiger partial charge in [-0.15, -0.1) is 11.3 Å². The van der Waals surface area contributed by atoms with Crippen molar-refractivity contribution < 1.29 is 0 Å². The molecule has 10 rings (SSSR count). The van der Waals surface area contributed by atoms with Gasteiger partial charge in [0.15, 0.2) is 17.5 Å². The van der Waals surface area contributed by atoms with E-state index < -0.39 is 0 Å². The first-order valence-corrected chi connectivity index (χ1v) is 19.1. The number of hydrogen-bond donors (Lipinski definition) is 0. The number of hydrogen-bond acceptors (Lipinski definition) is 4. The first-order chi connectivity index (χ1) is 25.8. The van der Waals surface area contributed by atoms with E-state index in [1.165, 1.54) is 58.8 Å². The van der Waals surface area contributed by atoms with E-state index in [1.54, 1.807) is 0 Å². The number of rotatable bonds is 4. The molecule has 4 heteroatoms. The van der Waals surface area contributed by atoms with Crippen molar-refractivity contribution in [3.8, 4) is 56.4 Å². The van der Waals surface area contributed by atoms with E-state index >= 15 is 0 Å². The van der Waals surface area contributed by atoms with Crippen molar-refractivity contribution in [3.05, 3.63) is 163 Å². The summed E-state index contributed by atoms with van der Waals surface area (Å²) in [5.74, 6) is 1.99. The van der Waals surface area contributed by atoms with Gasteiger partial charge in [-0.25, -0.2) is 15.0 Å². The molecule has 0 spiro atoms. The maximum atomic E-state index is 4.95. The maximum absolute atomic E-state index is 4.95. The molecule has 53 heavy (non-hydrogen) atoms. The van der Waals surface area contributed by atoms with Gasteiger partial charge in [-0.3, -0.25) is 0 Å². The van der Waals surface area contributed by atoms with Crippen molar-refractivity contribution in [1.29, 1.82) is 0 Å². The van der Waals surface area contributed by atoms with Crippen molar-refractivity contribution in [2.24, 2.45) is 0 Å². The lowest BCUT2D eigenvalue weighted by molar-refractivity contribution is 0.302. The van der Waals surface area contributed by atoms with Crippen molar-refractivity contribution in [1.82, 2.24) is 15.0 Å². The van der Waals surface area contributed by atoms with E-state index in [1.807, 2.05) is 72.0 Å². The Hall–Kier alpha value is -5.97. The molecule has 9 aromatic rings. The van der Waals surface area contributed by atoms with Crippen molar-refractivity contribution in [3.63, 3.8) is 0 Å². The van der Waals surface area contributed by atoms with Crippen molar-refractivity contribution in [2.75, 3.05) is 0 Å². The molecule has 0 unspecified atom stereocenters. The summed E-state index contributed by atoms with van der Waals surface area (Å²) < 4.78 is 2.73. The van der Waals surface area contributed by atoms with Gasteiger partial charge in [0.2, 0.25) is 0 Å². The Morgan fingerprint density at radius 1 is 0.434 bits per heavy atom. The van der Waals surface area contributed by atoms with Crippen molar-refractivity contribution in [2.45, 2.75) is 38.5 Å². The monoisotopic (exact) mass is 699 g/mol. The Balaban J connectivity index is 1.12. The second kappa shape index (κ2) is 11.8. The highest BCUT2D eigenvalue weighted by atomic mass is 32.1. The molecule has 0 atom stereocenters. The largest absolute Gasteiger partial charge is 0.208 e. The molecular formula is C49H37N3S. The van der Waals surface area contributed by atoms with Gasteiger partial charge in [-0.1, -0.05) is 167 Å². The van der Waals surface area contributed by atoms with E-state index in [0.717, 1.165) is 22.3 Å². The minimum atomic E-state index is -0.0890. The number of thiophene rings is 1. The third kappa shape index (κ3) is 4.82. The van der Waals surface area contributed by atoms with Crippen LogP contribution in [0, 0.1) is 0 Å². The van der Waals surface area contributed by atoms with Gasteiger partial charge >= 0.3 is 0 Å². The summed E-state index contributed by atoms with van der Waals surface area (Å²) in [5.41, 5.74) is 10.8. The fourth-order valence-corrected chi connectivity index (χ4v) is 9.82. The number of nitrogens with zero attached hydrogens (tertiary/aromatic N) is 3. The van der Waals surface area contributed by atoms with Gasteiger partial charge in [0.05, 0.1) is 0 Å². The Kier molecular flexibility index (Phi) is 7.05. The lowest BCUT2D eigenvalue weighted by Gasteiger charge is -2.48. The summed E-state index contributed by atoms with van der Waals surface area (Å²) in [7, 11) is 0. The standard InChI is InChI=1S/C49H37N3S/c1-48(2)39-22-14-13-21-37(39)41-35-19-11-12-20-36(35)42-38-29-34(27-28-40(38)53-44(42)43(41)49(48,3)4)30-23-25-33(26-24-30)47-51-45(31-15-7-5-8-16-31)50-46(52-47)32-17-9-6-10-18-32/h5-29H,1-4H3. The summed E-state index contributed by atoms with van der Waals surface area (Å²) in [6.45, 7) is 9.75. The van der Waals surface area contributed by atoms with Crippen LogP contribution in [0.25, 0.3) is 87.4 Å². The van der Waals surface area contributed by atoms with E-state index in [-0.39, 0.29) is 10.8 Å². The van der Waals surface area contributed by atoms with Crippen LogP contribution in [0.4, 0.5) is 0 Å². The Bertz CT molecular complexity index is 2810. The first-order valence-electron chi connectivity index (χ1n) is 18.3. The van der Waals surface area contributed by atoms with Crippen LogP contribution >= 0.6 is 11.3 Å². The average Bonchev–Trinajstić information content (AvgIpc) is 3.59. The summed E-state index contributed by atoms with van der Waals surface area (Å²) in [6.07, 6.45) is 0. The highest BCUT2D eigenvalue weighted by Crippen LogP contribution is 2.59. The van der Waals surface area contributed by atoms with Crippen LogP contribution < -0.4 is 0 Å². The molecule has 0 saturated carbocycles. The molecule has 2 heterocycles. The maximum Gasteiger partial charge on any atom is 0.164 e. The molecule has 1 aliphatic carbocycles. The SMILES string of the molecule is CC1(C)c2ccccc2-c2c(c3sc4ccc(-c5ccc(-c6nc(-c7ccccc7)nc(-c7ccccc7)n6)cc5)cc4c3c3ccccc23)C1(C)C. The Labute approximate surface area is 313 Å². The van der Waals surface area contributed by atoms with Crippen LogP contribution in [0.1, 0.15) is 38.8 Å². The topological polar surface area (TPSA) is 38.7 Å². The molecule has 0 aliphatic heterocycles. The number of aromatic nitrogens is 3. The molecule has 2 aromatic heterocycles. The summed E-state index contributed by atoms with van der Waals surface area (Å²) >= 11 is 1.95. The van der Waals surface area contributed by atoms with E-state index in [4.69, 9.17) is 15.0 Å². The normalized spacial score (nSPS) is 14.3. The highest BCUT2D eigenvalue weighted by molar-refractivity contribution is 7.26. The second-order valence-electron chi connectivity index (χ2n) is 15.2. The second-order valence-corrected chi connectivity index (χ2v) is 16.3. The van der Waals surface area contributed by atoms with Gasteiger partial charge in [-0.2, -0.15) is 0 Å². The molecule has 0 N–H and O–H groups in total. The predicted octanol–water partition coefficient (Wildman–Crippen LogP) is 13.3. The van der Waals surface area contributed by atoms with Gasteiger partial charge in [0, 0.05) is 42.3 Å². The van der Waals surface area contributed by atoms with E-state index in [2.05, 4.69) is 119 Å². The predicted molar refractivity (Wildman–Crippen MR) is 223 cm³/mol. The quantitative estimate of drug-likeness (QED) is 0.184. The fourth-order valence-electron chi connectivity index (χ4n) is 8.41. The van der Waals surface area contributed by atoms with Crippen LogP contribution in [-0.2, 0) is 10.8 Å². The Morgan fingerprint density at radius 3 is 1.58 bits per heavy atom. The van der Waals surface area contributed by atoms with Gasteiger partial charge in [0.25, 0.3) is 0 Å². The molecule has 0 fully saturated rings. The molecule has 7 aromatic carbocycles. The van der Waals surface area contributed by atoms with Gasteiger partial charge < -0.3 is 0 Å². The first kappa shape index (κ1) is 31.7. The van der Waals surface area contributed by atoms with E-state index in [0.29, 0.717) is 17.5 Å². The zero-order valence-corrected chi connectivity index (χ0v) is 31.0. The zero-order valence-electron chi connectivity index (χ0n) is 30.2. The molecular weight excluding hydrogens is 663 g/mol. The van der Waals surface area contributed by atoms with Crippen LogP contribution in [0.5, 0.6) is 0 Å². The average molecular weight is 700 g/mol. The number of fused-ring (bicyclic) bond motifs is 10. The molecule has 0 amide bonds. The zero-order chi connectivity index (χ0) is 35.9. The molecule has 0 radical (unpaired) electrons. The van der Waals surface area contributed by atoms with Crippen molar-refractivity contribution >= 4 is 42.3 Å². The van der Waals surface area contributed by atoms with Crippen LogP contribution in [0.15, 0.2) is 152 Å². The molecule has 0 bridgehead atoms. The third-order valence-electron chi connectivity index (χ3n) is 11.9. The molecule has 1 aliphatic rings. The Morgan fingerprint density at radius 2 is 0.943 bits per heavy atom. The smallest absolute Gasteiger partial charge is 0.164 e. The van der Waals surface area contributed by atoms with E-state index in [9.17, 15) is 0 Å². The van der Waals surface area contributed by atoms with Crippen LogP contribution in [0.2, 0.25) is 0 Å². The number of benzene rings is 7. The van der Waals surface area contributed by atoms with Gasteiger partial charge in [0.1, 0.15) is 0 Å². The fraction of sp³-hybridized carbons (Fsp3) is 0.122. The summed E-state index contributed by atoms with van der Waals surface area (Å²) in [6, 6.07) is 54.0. The third-order valence-corrected chi connectivity index (χ3v) is 13.1. The highest BCUT2D eigenvalue weighted by Gasteiger charge is 2.47. The summed E-state index contributed by atoms with van der Waals surface area (Å²) in [4.78, 5) is 14.8. The van der Waals surface area contributed by atoms with Crippen LogP contribution in [0.3, 0.4) is 0 Å². The summed E-state index contributed by atoms with van der Waals surface area (Å²) in [5, 5.41) is 5.34. The minimum absolute atomic E-state index is 0.0443. The molecule has 254 valence electrons. The molecule has 3 nitrogen and oxygen atoms in total.